The predicted octanol–water partition coefficient (Wildman–Crippen LogP) is 2.96. The first-order valence-corrected chi connectivity index (χ1v) is 10.7. The van der Waals surface area contributed by atoms with E-state index in [9.17, 15) is 31.2 Å². The second-order valence-corrected chi connectivity index (χ2v) is 8.91. The number of carbonyl (C=O) groups excluding carboxylic acids is 2. The lowest BCUT2D eigenvalue weighted by atomic mass is 9.85. The summed E-state index contributed by atoms with van der Waals surface area (Å²) in [6, 6.07) is 12.5. The molecule has 2 aromatic rings. The van der Waals surface area contributed by atoms with Crippen molar-refractivity contribution < 1.29 is 31.2 Å². The van der Waals surface area contributed by atoms with Gasteiger partial charge in [-0.25, -0.2) is 8.42 Å². The summed E-state index contributed by atoms with van der Waals surface area (Å²) < 4.78 is 66.0. The first kappa shape index (κ1) is 21.8. The number of halogens is 3. The van der Waals surface area contributed by atoms with Crippen LogP contribution in [0.5, 0.6) is 0 Å². The van der Waals surface area contributed by atoms with Crippen LogP contribution in [0.15, 0.2) is 54.6 Å². The largest absolute Gasteiger partial charge is 0.416 e. The Morgan fingerprint density at radius 3 is 2.23 bits per heavy atom. The molecule has 1 N–H and O–H groups in total. The van der Waals surface area contributed by atoms with Crippen molar-refractivity contribution in [3.8, 4) is 0 Å². The number of likely N-dealkylation sites (tertiary alicyclic amines) is 1. The minimum Gasteiger partial charge on any atom is -0.324 e. The van der Waals surface area contributed by atoms with Crippen LogP contribution in [0.1, 0.15) is 34.8 Å². The van der Waals surface area contributed by atoms with Crippen molar-refractivity contribution in [1.82, 2.24) is 9.62 Å². The molecule has 0 aromatic heterocycles. The van der Waals surface area contributed by atoms with Crippen molar-refractivity contribution in [3.63, 3.8) is 0 Å². The van der Waals surface area contributed by atoms with Gasteiger partial charge in [-0.05, 0) is 37.1 Å². The number of amides is 2. The number of hydrogen-bond donors (Lipinski definition) is 1. The molecule has 1 saturated heterocycles. The Bertz CT molecular complexity index is 1070. The highest BCUT2D eigenvalue weighted by Crippen LogP contribution is 2.34. The van der Waals surface area contributed by atoms with Gasteiger partial charge in [-0.2, -0.15) is 13.2 Å². The van der Waals surface area contributed by atoms with Crippen LogP contribution in [0.4, 0.5) is 13.2 Å². The fourth-order valence-corrected chi connectivity index (χ4v) is 4.51. The maximum atomic E-state index is 13.1. The van der Waals surface area contributed by atoms with Crippen molar-refractivity contribution in [2.45, 2.75) is 30.8 Å². The molecule has 2 aromatic carbocycles. The summed E-state index contributed by atoms with van der Waals surface area (Å²) in [5.74, 6) is -2.40. The highest BCUT2D eigenvalue weighted by molar-refractivity contribution is 7.89. The van der Waals surface area contributed by atoms with E-state index in [1.165, 1.54) is 17.9 Å². The monoisotopic (exact) mass is 440 g/mol. The number of nitrogens with zero attached hydrogens (tertiary/aromatic N) is 1. The van der Waals surface area contributed by atoms with Crippen LogP contribution in [-0.2, 0) is 26.7 Å². The summed E-state index contributed by atoms with van der Waals surface area (Å²) >= 11 is 0. The zero-order valence-corrected chi connectivity index (χ0v) is 16.8. The third-order valence-electron chi connectivity index (χ3n) is 5.09. The molecule has 0 aliphatic carbocycles. The van der Waals surface area contributed by atoms with E-state index < -0.39 is 50.4 Å². The lowest BCUT2D eigenvalue weighted by molar-refractivity contribution is -0.138. The van der Waals surface area contributed by atoms with Gasteiger partial charge in [0, 0.05) is 12.1 Å². The standard InChI is InChI=1S/C20H19F3N2O4S/c1-19(11-12-25(19)17(26)14-7-3-2-4-8-14)18(27)24-30(28,29)13-15-9-5-6-10-16(15)20(21,22)23/h2-10H,11-13H2,1H3,(H,24,27). The van der Waals surface area contributed by atoms with Gasteiger partial charge in [0.25, 0.3) is 11.8 Å². The second-order valence-electron chi connectivity index (χ2n) is 7.19. The molecule has 2 amide bonds. The minimum absolute atomic E-state index is 0.228. The molecule has 160 valence electrons. The Hall–Kier alpha value is -2.88. The molecule has 6 nitrogen and oxygen atoms in total. The fraction of sp³-hybridized carbons (Fsp3) is 0.300. The summed E-state index contributed by atoms with van der Waals surface area (Å²) in [4.78, 5) is 26.6. The molecule has 1 fully saturated rings. The molecule has 0 bridgehead atoms. The summed E-state index contributed by atoms with van der Waals surface area (Å²) in [7, 11) is -4.43. The quantitative estimate of drug-likeness (QED) is 0.775. The Balaban J connectivity index is 1.76. The molecular weight excluding hydrogens is 421 g/mol. The van der Waals surface area contributed by atoms with Gasteiger partial charge in [-0.1, -0.05) is 36.4 Å². The SMILES string of the molecule is CC1(C(=O)NS(=O)(=O)Cc2ccccc2C(F)(F)F)CCN1C(=O)c1ccccc1. The average molecular weight is 440 g/mol. The van der Waals surface area contributed by atoms with Crippen LogP contribution in [-0.4, -0.2) is 37.2 Å². The van der Waals surface area contributed by atoms with Gasteiger partial charge in [0.2, 0.25) is 10.0 Å². The molecule has 1 aliphatic rings. The van der Waals surface area contributed by atoms with Crippen LogP contribution < -0.4 is 4.72 Å². The van der Waals surface area contributed by atoms with Gasteiger partial charge >= 0.3 is 6.18 Å². The third kappa shape index (κ3) is 4.33. The summed E-state index contributed by atoms with van der Waals surface area (Å²) in [6.07, 6.45) is -4.50. The van der Waals surface area contributed by atoms with Crippen molar-refractivity contribution in [2.75, 3.05) is 6.54 Å². The lowest BCUT2D eigenvalue weighted by Gasteiger charge is -2.48. The topological polar surface area (TPSA) is 83.6 Å². The Kier molecular flexibility index (Phi) is 5.64. The van der Waals surface area contributed by atoms with Crippen LogP contribution in [0.3, 0.4) is 0 Å². The zero-order valence-electron chi connectivity index (χ0n) is 15.9. The summed E-state index contributed by atoms with van der Waals surface area (Å²) in [6.45, 7) is 1.68. The van der Waals surface area contributed by atoms with Gasteiger partial charge in [0.05, 0.1) is 11.3 Å². The second kappa shape index (κ2) is 7.75. The number of carbonyl (C=O) groups is 2. The molecule has 0 radical (unpaired) electrons. The van der Waals surface area contributed by atoms with Gasteiger partial charge in [0.1, 0.15) is 5.54 Å². The van der Waals surface area contributed by atoms with Gasteiger partial charge in [-0.3, -0.25) is 14.3 Å². The fourth-order valence-electron chi connectivity index (χ4n) is 3.27. The van der Waals surface area contributed by atoms with E-state index in [4.69, 9.17) is 0 Å². The number of hydrogen-bond acceptors (Lipinski definition) is 4. The number of alkyl halides is 3. The van der Waals surface area contributed by atoms with Crippen molar-refractivity contribution in [2.24, 2.45) is 0 Å². The Morgan fingerprint density at radius 1 is 1.07 bits per heavy atom. The van der Waals surface area contributed by atoms with E-state index in [1.54, 1.807) is 30.3 Å². The maximum absolute atomic E-state index is 13.1. The third-order valence-corrected chi connectivity index (χ3v) is 6.28. The summed E-state index contributed by atoms with van der Waals surface area (Å²) in [5, 5.41) is 0. The normalized spacial score (nSPS) is 19.1. The van der Waals surface area contributed by atoms with E-state index in [0.29, 0.717) is 5.56 Å². The van der Waals surface area contributed by atoms with Gasteiger partial charge in [0.15, 0.2) is 0 Å². The van der Waals surface area contributed by atoms with E-state index in [2.05, 4.69) is 0 Å². The average Bonchev–Trinajstić information content (AvgIpc) is 2.66. The summed E-state index contributed by atoms with van der Waals surface area (Å²) in [5.41, 5.74) is -2.62. The molecule has 0 spiro atoms. The number of sulfonamides is 1. The molecule has 1 unspecified atom stereocenters. The van der Waals surface area contributed by atoms with Crippen LogP contribution >= 0.6 is 0 Å². The number of rotatable bonds is 5. The zero-order chi connectivity index (χ0) is 22.2. The molecule has 1 aliphatic heterocycles. The van der Waals surface area contributed by atoms with Gasteiger partial charge in [-0.15, -0.1) is 0 Å². The Morgan fingerprint density at radius 2 is 1.67 bits per heavy atom. The predicted molar refractivity (Wildman–Crippen MR) is 103 cm³/mol. The number of benzene rings is 2. The first-order valence-electron chi connectivity index (χ1n) is 9.01. The van der Waals surface area contributed by atoms with E-state index in [0.717, 1.165) is 18.2 Å². The van der Waals surface area contributed by atoms with E-state index in [-0.39, 0.29) is 13.0 Å². The first-order chi connectivity index (χ1) is 13.9. The molecule has 1 atom stereocenters. The molecule has 3 rings (SSSR count). The minimum atomic E-state index is -4.73. The lowest BCUT2D eigenvalue weighted by Crippen LogP contribution is -2.67. The highest BCUT2D eigenvalue weighted by atomic mass is 32.2. The van der Waals surface area contributed by atoms with E-state index in [1.807, 2.05) is 4.72 Å². The molecule has 30 heavy (non-hydrogen) atoms. The molecule has 1 heterocycles. The van der Waals surface area contributed by atoms with Crippen molar-refractivity contribution in [1.29, 1.82) is 0 Å². The van der Waals surface area contributed by atoms with Crippen molar-refractivity contribution >= 4 is 21.8 Å². The van der Waals surface area contributed by atoms with Crippen LogP contribution in [0.2, 0.25) is 0 Å². The Labute approximate surface area is 171 Å². The van der Waals surface area contributed by atoms with Crippen LogP contribution in [0, 0.1) is 0 Å². The highest BCUT2D eigenvalue weighted by Gasteiger charge is 2.50. The number of nitrogens with one attached hydrogen (secondary N) is 1. The smallest absolute Gasteiger partial charge is 0.324 e. The van der Waals surface area contributed by atoms with Crippen molar-refractivity contribution in [3.05, 3.63) is 71.3 Å². The van der Waals surface area contributed by atoms with E-state index >= 15 is 0 Å². The molecule has 10 heteroatoms. The molecular formula is C20H19F3N2O4S. The van der Waals surface area contributed by atoms with Gasteiger partial charge < -0.3 is 4.90 Å². The molecule has 0 saturated carbocycles. The van der Waals surface area contributed by atoms with Crippen LogP contribution in [0.25, 0.3) is 0 Å². The maximum Gasteiger partial charge on any atom is 0.416 e.